The van der Waals surface area contributed by atoms with Gasteiger partial charge in [-0.3, -0.25) is 4.79 Å². The van der Waals surface area contributed by atoms with Gasteiger partial charge in [0.05, 0.1) is 16.6 Å². The summed E-state index contributed by atoms with van der Waals surface area (Å²) in [5, 5.41) is 0.847. The van der Waals surface area contributed by atoms with E-state index in [-0.39, 0.29) is 12.3 Å². The number of benzene rings is 1. The number of imidazole rings is 1. The third-order valence-corrected chi connectivity index (χ3v) is 3.57. The molecular weight excluding hydrogens is 283 g/mol. The van der Waals surface area contributed by atoms with E-state index in [9.17, 15) is 4.79 Å². The number of ketones is 1. The standard InChI is InChI=1S/C14H14Cl2N2O/c1-2-3-14-17-6-7-18(14)9-13(19)10-4-5-11(15)12(16)8-10/h4-8H,2-3,9H2,1H3. The topological polar surface area (TPSA) is 34.9 Å². The Labute approximate surface area is 122 Å². The average Bonchev–Trinajstić information content (AvgIpc) is 2.80. The number of hydrogen-bond acceptors (Lipinski definition) is 2. The monoisotopic (exact) mass is 296 g/mol. The minimum atomic E-state index is -0.00563. The van der Waals surface area contributed by atoms with Crippen LogP contribution in [0.2, 0.25) is 10.0 Å². The Bertz CT molecular complexity index is 593. The minimum Gasteiger partial charge on any atom is -0.327 e. The quantitative estimate of drug-likeness (QED) is 0.781. The molecule has 1 aromatic heterocycles. The van der Waals surface area contributed by atoms with Gasteiger partial charge in [-0.05, 0) is 24.6 Å². The first-order valence-electron chi connectivity index (χ1n) is 6.10. The molecule has 0 aliphatic heterocycles. The summed E-state index contributed by atoms with van der Waals surface area (Å²) in [7, 11) is 0. The summed E-state index contributed by atoms with van der Waals surface area (Å²) in [5.74, 6) is 0.921. The van der Waals surface area contributed by atoms with E-state index in [0.717, 1.165) is 18.7 Å². The molecule has 100 valence electrons. The average molecular weight is 297 g/mol. The fourth-order valence-corrected chi connectivity index (χ4v) is 2.15. The number of rotatable bonds is 5. The largest absolute Gasteiger partial charge is 0.327 e. The summed E-state index contributed by atoms with van der Waals surface area (Å²) in [6, 6.07) is 4.92. The molecule has 1 heterocycles. The summed E-state index contributed by atoms with van der Waals surface area (Å²) in [4.78, 5) is 16.4. The molecule has 5 heteroatoms. The maximum Gasteiger partial charge on any atom is 0.182 e. The number of Topliss-reactive ketones (excluding diaryl/α,β-unsaturated/α-hetero) is 1. The molecule has 0 bridgehead atoms. The van der Waals surface area contributed by atoms with Crippen LogP contribution in [0, 0.1) is 0 Å². The van der Waals surface area contributed by atoms with E-state index in [4.69, 9.17) is 23.2 Å². The Kier molecular flexibility index (Phi) is 4.61. The lowest BCUT2D eigenvalue weighted by molar-refractivity contribution is 0.0971. The van der Waals surface area contributed by atoms with E-state index < -0.39 is 0 Å². The van der Waals surface area contributed by atoms with E-state index in [0.29, 0.717) is 15.6 Å². The summed E-state index contributed by atoms with van der Waals surface area (Å²) in [5.41, 5.74) is 0.561. The van der Waals surface area contributed by atoms with Crippen molar-refractivity contribution in [3.63, 3.8) is 0 Å². The Balaban J connectivity index is 2.16. The summed E-state index contributed by atoms with van der Waals surface area (Å²) in [6.07, 6.45) is 5.40. The second-order valence-electron chi connectivity index (χ2n) is 4.27. The number of hydrogen-bond donors (Lipinski definition) is 0. The first-order valence-corrected chi connectivity index (χ1v) is 6.85. The SMILES string of the molecule is CCCc1nccn1CC(=O)c1ccc(Cl)c(Cl)c1. The fraction of sp³-hybridized carbons (Fsp3) is 0.286. The zero-order valence-electron chi connectivity index (χ0n) is 10.6. The maximum absolute atomic E-state index is 12.2. The molecule has 0 atom stereocenters. The second kappa shape index (κ2) is 6.22. The predicted molar refractivity (Wildman–Crippen MR) is 77.0 cm³/mol. The van der Waals surface area contributed by atoms with Gasteiger partial charge in [0.2, 0.25) is 0 Å². The zero-order chi connectivity index (χ0) is 13.8. The molecule has 19 heavy (non-hydrogen) atoms. The van der Waals surface area contributed by atoms with E-state index in [1.54, 1.807) is 24.4 Å². The molecule has 0 aliphatic carbocycles. The van der Waals surface area contributed by atoms with Crippen molar-refractivity contribution < 1.29 is 4.79 Å². The number of carbonyl (C=O) groups excluding carboxylic acids is 1. The summed E-state index contributed by atoms with van der Waals surface area (Å²) < 4.78 is 1.87. The molecule has 0 saturated heterocycles. The van der Waals surface area contributed by atoms with Crippen LogP contribution in [0.4, 0.5) is 0 Å². The Morgan fingerprint density at radius 1 is 1.32 bits per heavy atom. The number of nitrogens with zero attached hydrogens (tertiary/aromatic N) is 2. The van der Waals surface area contributed by atoms with Crippen LogP contribution in [0.15, 0.2) is 30.6 Å². The smallest absolute Gasteiger partial charge is 0.182 e. The number of aromatic nitrogens is 2. The van der Waals surface area contributed by atoms with Crippen LogP contribution >= 0.6 is 23.2 Å². The van der Waals surface area contributed by atoms with Crippen LogP contribution in [0.25, 0.3) is 0 Å². The molecule has 1 aromatic carbocycles. The van der Waals surface area contributed by atoms with Crippen LogP contribution in [0.5, 0.6) is 0 Å². The van der Waals surface area contributed by atoms with Gasteiger partial charge in [-0.25, -0.2) is 4.98 Å². The molecule has 0 aliphatic rings. The van der Waals surface area contributed by atoms with Gasteiger partial charge in [0, 0.05) is 24.4 Å². The minimum absolute atomic E-state index is 0.00563. The van der Waals surface area contributed by atoms with Gasteiger partial charge < -0.3 is 4.57 Å². The number of carbonyl (C=O) groups is 1. The molecule has 0 amide bonds. The van der Waals surface area contributed by atoms with Gasteiger partial charge in [-0.1, -0.05) is 30.1 Å². The van der Waals surface area contributed by atoms with Crippen LogP contribution < -0.4 is 0 Å². The third-order valence-electron chi connectivity index (χ3n) is 2.83. The fourth-order valence-electron chi connectivity index (χ4n) is 1.85. The van der Waals surface area contributed by atoms with Crippen LogP contribution in [0.3, 0.4) is 0 Å². The zero-order valence-corrected chi connectivity index (χ0v) is 12.1. The van der Waals surface area contributed by atoms with Crippen LogP contribution in [-0.4, -0.2) is 15.3 Å². The van der Waals surface area contributed by atoms with Crippen molar-refractivity contribution in [1.82, 2.24) is 9.55 Å². The molecule has 0 N–H and O–H groups in total. The van der Waals surface area contributed by atoms with Gasteiger partial charge in [-0.2, -0.15) is 0 Å². The van der Waals surface area contributed by atoms with E-state index in [1.807, 2.05) is 10.8 Å². The first-order chi connectivity index (χ1) is 9.11. The van der Waals surface area contributed by atoms with Crippen molar-refractivity contribution in [2.75, 3.05) is 0 Å². The lowest BCUT2D eigenvalue weighted by atomic mass is 10.1. The molecule has 0 saturated carbocycles. The Morgan fingerprint density at radius 2 is 2.11 bits per heavy atom. The van der Waals surface area contributed by atoms with Crippen molar-refractivity contribution in [3.05, 3.63) is 52.0 Å². The molecule has 0 spiro atoms. The van der Waals surface area contributed by atoms with E-state index in [1.165, 1.54) is 0 Å². The summed E-state index contributed by atoms with van der Waals surface area (Å²) >= 11 is 11.8. The van der Waals surface area contributed by atoms with Crippen molar-refractivity contribution in [1.29, 1.82) is 0 Å². The molecule has 0 fully saturated rings. The highest BCUT2D eigenvalue weighted by molar-refractivity contribution is 6.42. The molecule has 0 radical (unpaired) electrons. The molecule has 2 rings (SSSR count). The van der Waals surface area contributed by atoms with E-state index in [2.05, 4.69) is 11.9 Å². The van der Waals surface area contributed by atoms with Crippen molar-refractivity contribution in [2.45, 2.75) is 26.3 Å². The van der Waals surface area contributed by atoms with Gasteiger partial charge in [0.25, 0.3) is 0 Å². The molecule has 2 aromatic rings. The molecular formula is C14H14Cl2N2O. The van der Waals surface area contributed by atoms with E-state index >= 15 is 0 Å². The number of aryl methyl sites for hydroxylation is 1. The molecule has 0 unspecified atom stereocenters. The van der Waals surface area contributed by atoms with Crippen molar-refractivity contribution in [3.8, 4) is 0 Å². The van der Waals surface area contributed by atoms with Crippen molar-refractivity contribution >= 4 is 29.0 Å². The maximum atomic E-state index is 12.2. The summed E-state index contributed by atoms with van der Waals surface area (Å²) in [6.45, 7) is 2.35. The van der Waals surface area contributed by atoms with Gasteiger partial charge >= 0.3 is 0 Å². The predicted octanol–water partition coefficient (Wildman–Crippen LogP) is 4.03. The highest BCUT2D eigenvalue weighted by atomic mass is 35.5. The van der Waals surface area contributed by atoms with Gasteiger partial charge in [0.15, 0.2) is 5.78 Å². The van der Waals surface area contributed by atoms with Gasteiger partial charge in [0.1, 0.15) is 5.82 Å². The molecule has 3 nitrogen and oxygen atoms in total. The highest BCUT2D eigenvalue weighted by Crippen LogP contribution is 2.23. The Morgan fingerprint density at radius 3 is 2.79 bits per heavy atom. The lowest BCUT2D eigenvalue weighted by Gasteiger charge is -2.07. The van der Waals surface area contributed by atoms with Crippen LogP contribution in [-0.2, 0) is 13.0 Å². The highest BCUT2D eigenvalue weighted by Gasteiger charge is 2.11. The lowest BCUT2D eigenvalue weighted by Crippen LogP contribution is -2.12. The van der Waals surface area contributed by atoms with Crippen LogP contribution in [0.1, 0.15) is 29.5 Å². The number of halogens is 2. The van der Waals surface area contributed by atoms with Gasteiger partial charge in [-0.15, -0.1) is 0 Å². The third kappa shape index (κ3) is 3.37. The second-order valence-corrected chi connectivity index (χ2v) is 5.09. The Hall–Kier alpha value is -1.32. The normalized spacial score (nSPS) is 10.7. The first kappa shape index (κ1) is 14.1. The van der Waals surface area contributed by atoms with Crippen molar-refractivity contribution in [2.24, 2.45) is 0 Å².